The number of halogens is 6. The van der Waals surface area contributed by atoms with Gasteiger partial charge in [-0.15, -0.1) is 0 Å². The van der Waals surface area contributed by atoms with E-state index in [1.54, 1.807) is 0 Å². The van der Waals surface area contributed by atoms with Gasteiger partial charge in [0, 0.05) is 6.42 Å². The molecule has 35 heavy (non-hydrogen) atoms. The third-order valence-corrected chi connectivity index (χ3v) is 5.97. The first kappa shape index (κ1) is 24.6. The lowest BCUT2D eigenvalue weighted by atomic mass is 9.97. The summed E-state index contributed by atoms with van der Waals surface area (Å²) >= 11 is 0. The van der Waals surface area contributed by atoms with E-state index in [-0.39, 0.29) is 18.9 Å². The Morgan fingerprint density at radius 3 is 2.14 bits per heavy atom. The van der Waals surface area contributed by atoms with E-state index in [9.17, 15) is 35.9 Å². The first-order valence-corrected chi connectivity index (χ1v) is 10.6. The number of amides is 2. The van der Waals surface area contributed by atoms with Gasteiger partial charge in [-0.2, -0.15) is 26.3 Å². The molecule has 1 aliphatic heterocycles. The first-order chi connectivity index (χ1) is 16.4. The van der Waals surface area contributed by atoms with E-state index in [1.165, 1.54) is 6.92 Å². The molecule has 0 unspecified atom stereocenters. The molecule has 4 rings (SSSR count). The molecule has 0 aromatic heterocycles. The van der Waals surface area contributed by atoms with E-state index < -0.39 is 53.2 Å². The maximum absolute atomic E-state index is 13.2. The van der Waals surface area contributed by atoms with Gasteiger partial charge in [0.1, 0.15) is 6.10 Å². The fraction of sp³-hybridized carbons (Fsp3) is 0.280. The Hall–Kier alpha value is -3.56. The van der Waals surface area contributed by atoms with Crippen LogP contribution in [0.25, 0.3) is 10.8 Å². The molecule has 3 aromatic carbocycles. The second-order valence-corrected chi connectivity index (χ2v) is 8.29. The molecule has 1 saturated heterocycles. The van der Waals surface area contributed by atoms with Gasteiger partial charge in [0.15, 0.2) is 0 Å². The number of ether oxygens (including phenoxy) is 1. The van der Waals surface area contributed by atoms with Crippen LogP contribution < -0.4 is 0 Å². The van der Waals surface area contributed by atoms with Crippen LogP contribution in [0.15, 0.2) is 60.7 Å². The number of cyclic esters (lactones) is 1. The molecule has 0 spiro atoms. The number of alkyl halides is 6. The third kappa shape index (κ3) is 4.96. The summed E-state index contributed by atoms with van der Waals surface area (Å²) in [6, 6.07) is 13.0. The molecule has 1 fully saturated rings. The molecule has 184 valence electrons. The minimum Gasteiger partial charge on any atom is -0.439 e. The Kier molecular flexibility index (Phi) is 6.25. The molecule has 2 amide bonds. The maximum atomic E-state index is 13.2. The van der Waals surface area contributed by atoms with E-state index in [2.05, 4.69) is 0 Å². The van der Waals surface area contributed by atoms with E-state index in [0.29, 0.717) is 12.1 Å². The number of rotatable bonds is 4. The molecule has 1 aliphatic rings. The van der Waals surface area contributed by atoms with E-state index in [4.69, 9.17) is 4.74 Å². The average molecular weight is 495 g/mol. The standard InChI is InChI=1S/C25H19F6NO3/c1-14-22(17-11-18(24(26,27)28)13-19(12-17)25(29,30)31)35-23(34)32(14)21(33)10-9-16-7-4-6-15-5-2-3-8-20(15)16/h2-8,11-14,22H,9-10H2,1H3/t14-,22-/m0/s1. The van der Waals surface area contributed by atoms with E-state index in [1.807, 2.05) is 42.5 Å². The smallest absolute Gasteiger partial charge is 0.417 e. The topological polar surface area (TPSA) is 46.6 Å². The van der Waals surface area contributed by atoms with Crippen molar-refractivity contribution < 1.29 is 40.7 Å². The van der Waals surface area contributed by atoms with Gasteiger partial charge in [0.25, 0.3) is 0 Å². The average Bonchev–Trinajstić information content (AvgIpc) is 3.09. The zero-order valence-corrected chi connectivity index (χ0v) is 18.3. The number of hydrogen-bond acceptors (Lipinski definition) is 3. The predicted octanol–water partition coefficient (Wildman–Crippen LogP) is 6.92. The first-order valence-electron chi connectivity index (χ1n) is 10.6. The van der Waals surface area contributed by atoms with Crippen LogP contribution in [0.2, 0.25) is 0 Å². The van der Waals surface area contributed by atoms with Crippen LogP contribution in [0, 0.1) is 0 Å². The molecule has 2 atom stereocenters. The van der Waals surface area contributed by atoms with Crippen LogP contribution in [0.4, 0.5) is 31.1 Å². The summed E-state index contributed by atoms with van der Waals surface area (Å²) in [6.07, 6.45) is -12.5. The summed E-state index contributed by atoms with van der Waals surface area (Å²) in [4.78, 5) is 26.1. The monoisotopic (exact) mass is 495 g/mol. The molecule has 1 heterocycles. The van der Waals surface area contributed by atoms with Gasteiger partial charge in [-0.1, -0.05) is 42.5 Å². The summed E-state index contributed by atoms with van der Waals surface area (Å²) in [5.74, 6) is -0.638. The van der Waals surface area contributed by atoms with Crippen LogP contribution in [0.5, 0.6) is 0 Å². The van der Waals surface area contributed by atoms with Crippen LogP contribution in [-0.2, 0) is 28.3 Å². The van der Waals surface area contributed by atoms with Crippen LogP contribution >= 0.6 is 0 Å². The Labute approximate surface area is 196 Å². The lowest BCUT2D eigenvalue weighted by Crippen LogP contribution is -2.38. The van der Waals surface area contributed by atoms with Crippen molar-refractivity contribution in [2.24, 2.45) is 0 Å². The van der Waals surface area contributed by atoms with Gasteiger partial charge in [0.2, 0.25) is 5.91 Å². The number of benzene rings is 3. The number of fused-ring (bicyclic) bond motifs is 1. The molecule has 0 aliphatic carbocycles. The maximum Gasteiger partial charge on any atom is 0.417 e. The molecular formula is C25H19F6NO3. The van der Waals surface area contributed by atoms with Crippen molar-refractivity contribution in [3.05, 3.63) is 82.9 Å². The van der Waals surface area contributed by atoms with Crippen molar-refractivity contribution in [2.75, 3.05) is 0 Å². The third-order valence-electron chi connectivity index (χ3n) is 5.97. The summed E-state index contributed by atoms with van der Waals surface area (Å²) in [5.41, 5.74) is -2.67. The zero-order valence-electron chi connectivity index (χ0n) is 18.3. The van der Waals surface area contributed by atoms with Gasteiger partial charge in [-0.25, -0.2) is 9.69 Å². The quantitative estimate of drug-likeness (QED) is 0.369. The predicted molar refractivity (Wildman–Crippen MR) is 114 cm³/mol. The van der Waals surface area contributed by atoms with E-state index in [0.717, 1.165) is 21.2 Å². The number of carbonyl (C=O) groups is 2. The Bertz CT molecular complexity index is 1250. The summed E-state index contributed by atoms with van der Waals surface area (Å²) in [6.45, 7) is 1.35. The van der Waals surface area contributed by atoms with Gasteiger partial charge in [-0.05, 0) is 53.4 Å². The second-order valence-electron chi connectivity index (χ2n) is 8.29. The normalized spacial score (nSPS) is 18.7. The lowest BCUT2D eigenvalue weighted by molar-refractivity contribution is -0.143. The van der Waals surface area contributed by atoms with Crippen molar-refractivity contribution in [3.8, 4) is 0 Å². The summed E-state index contributed by atoms with van der Waals surface area (Å²) < 4.78 is 84.5. The van der Waals surface area contributed by atoms with Crippen molar-refractivity contribution in [1.29, 1.82) is 0 Å². The fourth-order valence-electron chi connectivity index (χ4n) is 4.26. The molecule has 0 bridgehead atoms. The van der Waals surface area contributed by atoms with Gasteiger partial charge < -0.3 is 4.74 Å². The van der Waals surface area contributed by atoms with Crippen LogP contribution in [0.3, 0.4) is 0 Å². The van der Waals surface area contributed by atoms with Gasteiger partial charge >= 0.3 is 18.4 Å². The number of hydrogen-bond donors (Lipinski definition) is 0. The SMILES string of the molecule is C[C@H]1[C@@H](c2cc(C(F)(F)F)cc(C(F)(F)F)c2)OC(=O)N1C(=O)CCc1cccc2ccccc12. The Morgan fingerprint density at radius 1 is 0.914 bits per heavy atom. The van der Waals surface area contributed by atoms with Crippen molar-refractivity contribution in [1.82, 2.24) is 4.90 Å². The minimum absolute atomic E-state index is 0.00194. The van der Waals surface area contributed by atoms with Crippen LogP contribution in [0.1, 0.15) is 41.7 Å². The van der Waals surface area contributed by atoms with Crippen molar-refractivity contribution in [2.45, 2.75) is 44.3 Å². The largest absolute Gasteiger partial charge is 0.439 e. The fourth-order valence-corrected chi connectivity index (χ4v) is 4.26. The second kappa shape index (κ2) is 8.90. The number of nitrogens with zero attached hydrogens (tertiary/aromatic N) is 1. The highest BCUT2D eigenvalue weighted by atomic mass is 19.4. The minimum atomic E-state index is -5.05. The highest BCUT2D eigenvalue weighted by Gasteiger charge is 2.45. The molecule has 4 nitrogen and oxygen atoms in total. The highest BCUT2D eigenvalue weighted by molar-refractivity contribution is 5.94. The zero-order chi connectivity index (χ0) is 25.5. The highest BCUT2D eigenvalue weighted by Crippen LogP contribution is 2.41. The number of aryl methyl sites for hydroxylation is 1. The number of carbonyl (C=O) groups excluding carboxylic acids is 2. The molecule has 10 heteroatoms. The molecule has 0 N–H and O–H groups in total. The molecule has 0 radical (unpaired) electrons. The molecular weight excluding hydrogens is 476 g/mol. The Morgan fingerprint density at radius 2 is 1.51 bits per heavy atom. The summed E-state index contributed by atoms with van der Waals surface area (Å²) in [5, 5.41) is 1.90. The van der Waals surface area contributed by atoms with Crippen molar-refractivity contribution >= 4 is 22.8 Å². The number of imide groups is 1. The van der Waals surface area contributed by atoms with Crippen LogP contribution in [-0.4, -0.2) is 22.9 Å². The van der Waals surface area contributed by atoms with Gasteiger partial charge in [-0.3, -0.25) is 4.79 Å². The lowest BCUT2D eigenvalue weighted by Gasteiger charge is -2.21. The van der Waals surface area contributed by atoms with Gasteiger partial charge in [0.05, 0.1) is 17.2 Å². The van der Waals surface area contributed by atoms with E-state index >= 15 is 0 Å². The molecule has 3 aromatic rings. The Balaban J connectivity index is 1.57. The molecule has 0 saturated carbocycles. The summed E-state index contributed by atoms with van der Waals surface area (Å²) in [7, 11) is 0. The van der Waals surface area contributed by atoms with Crippen molar-refractivity contribution in [3.63, 3.8) is 0 Å².